The van der Waals surface area contributed by atoms with Crippen molar-refractivity contribution in [3.8, 4) is 11.3 Å². The summed E-state index contributed by atoms with van der Waals surface area (Å²) in [5, 5.41) is 4.83. The quantitative estimate of drug-likeness (QED) is 0.406. The molecule has 1 saturated heterocycles. The van der Waals surface area contributed by atoms with Crippen LogP contribution in [0.1, 0.15) is 59.5 Å². The number of piperazine rings is 1. The maximum Gasteiger partial charge on any atom is 0.254 e. The number of rotatable bonds is 4. The molecule has 0 radical (unpaired) electrons. The normalized spacial score (nSPS) is 17.0. The largest absolute Gasteiger partial charge is 0.336 e. The van der Waals surface area contributed by atoms with Gasteiger partial charge in [0.15, 0.2) is 0 Å². The number of nitrogens with zero attached hydrogens (tertiary/aromatic N) is 6. The fraction of sp³-hybridized carbons (Fsp3) is 0.379. The van der Waals surface area contributed by atoms with Crippen LogP contribution in [0.5, 0.6) is 0 Å². The maximum atomic E-state index is 13.0. The molecule has 1 amide bonds. The smallest absolute Gasteiger partial charge is 0.254 e. The van der Waals surface area contributed by atoms with Crippen molar-refractivity contribution >= 4 is 17.6 Å². The van der Waals surface area contributed by atoms with E-state index in [2.05, 4.69) is 34.1 Å². The lowest BCUT2D eigenvalue weighted by atomic mass is 9.84. The Morgan fingerprint density at radius 3 is 2.39 bits per heavy atom. The van der Waals surface area contributed by atoms with E-state index >= 15 is 0 Å². The minimum atomic E-state index is 0.0938. The van der Waals surface area contributed by atoms with Crippen LogP contribution in [-0.4, -0.2) is 56.6 Å². The van der Waals surface area contributed by atoms with Gasteiger partial charge in [-0.25, -0.2) is 4.98 Å². The topological polar surface area (TPSA) is 66.6 Å². The van der Waals surface area contributed by atoms with Gasteiger partial charge in [0, 0.05) is 43.5 Å². The van der Waals surface area contributed by atoms with E-state index in [0.717, 1.165) is 22.4 Å². The lowest BCUT2D eigenvalue weighted by Crippen LogP contribution is -2.49. The minimum absolute atomic E-state index is 0.0938. The number of aromatic nitrogens is 4. The minimum Gasteiger partial charge on any atom is -0.336 e. The molecule has 0 spiro atoms. The Balaban J connectivity index is 1.19. The summed E-state index contributed by atoms with van der Waals surface area (Å²) >= 11 is 0. The SMILES string of the molecule is Cc1ccccc1C(=O)N1CCN(c2nc3nccc(-c4ccc(C5CCCCC5)cc4)n3n2)CC1. The van der Waals surface area contributed by atoms with Gasteiger partial charge in [0.05, 0.1) is 5.69 Å². The zero-order valence-electron chi connectivity index (χ0n) is 20.8. The third-order valence-corrected chi connectivity index (χ3v) is 7.74. The lowest BCUT2D eigenvalue weighted by molar-refractivity contribution is 0.0745. The molecule has 1 aliphatic heterocycles. The van der Waals surface area contributed by atoms with E-state index in [9.17, 15) is 4.79 Å². The highest BCUT2D eigenvalue weighted by atomic mass is 16.2. The fourth-order valence-electron chi connectivity index (χ4n) is 5.59. The molecule has 7 nitrogen and oxygen atoms in total. The van der Waals surface area contributed by atoms with Gasteiger partial charge in [-0.15, -0.1) is 5.10 Å². The Kier molecular flexibility index (Phi) is 6.13. The summed E-state index contributed by atoms with van der Waals surface area (Å²) in [5.41, 5.74) is 5.34. The molecular formula is C29H32N6O. The molecule has 1 saturated carbocycles. The Hall–Kier alpha value is -3.74. The van der Waals surface area contributed by atoms with E-state index in [-0.39, 0.29) is 5.91 Å². The van der Waals surface area contributed by atoms with Gasteiger partial charge in [0.2, 0.25) is 5.95 Å². The van der Waals surface area contributed by atoms with Gasteiger partial charge < -0.3 is 9.80 Å². The number of benzene rings is 2. The van der Waals surface area contributed by atoms with Crippen LogP contribution in [0, 0.1) is 6.92 Å². The summed E-state index contributed by atoms with van der Waals surface area (Å²) in [6.07, 6.45) is 8.46. The Morgan fingerprint density at radius 1 is 0.889 bits per heavy atom. The number of amides is 1. The molecule has 0 unspecified atom stereocenters. The summed E-state index contributed by atoms with van der Waals surface area (Å²) in [6.45, 7) is 4.66. The summed E-state index contributed by atoms with van der Waals surface area (Å²) in [5.74, 6) is 2.05. The van der Waals surface area contributed by atoms with Gasteiger partial charge in [0.1, 0.15) is 0 Å². The monoisotopic (exact) mass is 480 g/mol. The predicted octanol–water partition coefficient (Wildman–Crippen LogP) is 5.11. The second-order valence-electron chi connectivity index (χ2n) is 10.0. The molecule has 6 rings (SSSR count). The zero-order chi connectivity index (χ0) is 24.5. The number of hydrogen-bond acceptors (Lipinski definition) is 5. The molecule has 2 aromatic carbocycles. The molecule has 4 aromatic rings. The Labute approximate surface area is 211 Å². The molecule has 2 aliphatic rings. The van der Waals surface area contributed by atoms with Crippen LogP contribution >= 0.6 is 0 Å². The van der Waals surface area contributed by atoms with Crippen LogP contribution < -0.4 is 4.90 Å². The lowest BCUT2D eigenvalue weighted by Gasteiger charge is -2.34. The highest BCUT2D eigenvalue weighted by Crippen LogP contribution is 2.33. The van der Waals surface area contributed by atoms with Crippen molar-refractivity contribution in [2.45, 2.75) is 44.9 Å². The Morgan fingerprint density at radius 2 is 1.64 bits per heavy atom. The molecule has 184 valence electrons. The summed E-state index contributed by atoms with van der Waals surface area (Å²) in [7, 11) is 0. The molecule has 0 bridgehead atoms. The predicted molar refractivity (Wildman–Crippen MR) is 141 cm³/mol. The van der Waals surface area contributed by atoms with Crippen molar-refractivity contribution < 1.29 is 4.79 Å². The molecule has 2 fully saturated rings. The van der Waals surface area contributed by atoms with E-state index < -0.39 is 0 Å². The first-order valence-corrected chi connectivity index (χ1v) is 13.1. The highest BCUT2D eigenvalue weighted by molar-refractivity contribution is 5.95. The van der Waals surface area contributed by atoms with E-state index in [1.165, 1.54) is 37.7 Å². The van der Waals surface area contributed by atoms with Crippen LogP contribution in [-0.2, 0) is 0 Å². The molecule has 0 N–H and O–H groups in total. The summed E-state index contributed by atoms with van der Waals surface area (Å²) in [4.78, 5) is 26.2. The first-order valence-electron chi connectivity index (χ1n) is 13.1. The number of fused-ring (bicyclic) bond motifs is 1. The number of hydrogen-bond donors (Lipinski definition) is 0. The van der Waals surface area contributed by atoms with E-state index in [1.807, 2.05) is 46.7 Å². The van der Waals surface area contributed by atoms with Crippen LogP contribution in [0.3, 0.4) is 0 Å². The van der Waals surface area contributed by atoms with Crippen LogP contribution in [0.2, 0.25) is 0 Å². The van der Waals surface area contributed by atoms with Gasteiger partial charge >= 0.3 is 0 Å². The van der Waals surface area contributed by atoms with Gasteiger partial charge in [-0.2, -0.15) is 9.50 Å². The second-order valence-corrected chi connectivity index (χ2v) is 10.0. The summed E-state index contributed by atoms with van der Waals surface area (Å²) in [6, 6.07) is 18.7. The van der Waals surface area contributed by atoms with Crippen LogP contribution in [0.15, 0.2) is 60.8 Å². The van der Waals surface area contributed by atoms with Crippen molar-refractivity contribution in [3.63, 3.8) is 0 Å². The standard InChI is InChI=1S/C29H32N6O/c1-21-7-5-6-10-25(21)27(36)33-17-19-34(20-18-33)29-31-28-30-16-15-26(35(28)32-29)24-13-11-23(12-14-24)22-8-3-2-4-9-22/h5-7,10-16,22H,2-4,8-9,17-20H2,1H3. The first-order chi connectivity index (χ1) is 17.7. The molecule has 3 heterocycles. The van der Waals surface area contributed by atoms with Crippen molar-refractivity contribution in [2.24, 2.45) is 0 Å². The van der Waals surface area contributed by atoms with Crippen molar-refractivity contribution in [1.29, 1.82) is 0 Å². The van der Waals surface area contributed by atoms with E-state index in [1.54, 1.807) is 6.20 Å². The third kappa shape index (κ3) is 4.34. The maximum absolute atomic E-state index is 13.0. The number of anilines is 1. The van der Waals surface area contributed by atoms with Crippen LogP contribution in [0.25, 0.3) is 17.0 Å². The number of carbonyl (C=O) groups is 1. The zero-order valence-corrected chi connectivity index (χ0v) is 20.8. The van der Waals surface area contributed by atoms with Crippen molar-refractivity contribution in [3.05, 3.63) is 77.5 Å². The highest BCUT2D eigenvalue weighted by Gasteiger charge is 2.25. The summed E-state index contributed by atoms with van der Waals surface area (Å²) < 4.78 is 1.84. The van der Waals surface area contributed by atoms with Crippen LogP contribution in [0.4, 0.5) is 5.95 Å². The number of aryl methyl sites for hydroxylation is 1. The third-order valence-electron chi connectivity index (χ3n) is 7.74. The van der Waals surface area contributed by atoms with E-state index in [4.69, 9.17) is 10.1 Å². The average Bonchev–Trinajstić information content (AvgIpc) is 3.38. The molecule has 7 heteroatoms. The molecule has 0 atom stereocenters. The molecule has 1 aliphatic carbocycles. The van der Waals surface area contributed by atoms with Gasteiger partial charge in [-0.1, -0.05) is 61.7 Å². The molecular weight excluding hydrogens is 448 g/mol. The van der Waals surface area contributed by atoms with Gasteiger partial charge in [0.25, 0.3) is 11.7 Å². The molecule has 2 aromatic heterocycles. The van der Waals surface area contributed by atoms with Gasteiger partial charge in [-0.3, -0.25) is 4.79 Å². The van der Waals surface area contributed by atoms with Gasteiger partial charge in [-0.05, 0) is 48.9 Å². The first kappa shape index (κ1) is 22.7. The molecule has 36 heavy (non-hydrogen) atoms. The number of carbonyl (C=O) groups excluding carboxylic acids is 1. The van der Waals surface area contributed by atoms with Crippen molar-refractivity contribution in [2.75, 3.05) is 31.1 Å². The van der Waals surface area contributed by atoms with Crippen molar-refractivity contribution in [1.82, 2.24) is 24.5 Å². The Bertz CT molecular complexity index is 1360. The van der Waals surface area contributed by atoms with E-state index in [0.29, 0.717) is 43.8 Å². The fourth-order valence-corrected chi connectivity index (χ4v) is 5.59. The average molecular weight is 481 g/mol. The second kappa shape index (κ2) is 9.72.